The van der Waals surface area contributed by atoms with Crippen molar-refractivity contribution >= 4 is 39.3 Å². The van der Waals surface area contributed by atoms with Crippen LogP contribution in [0.2, 0.25) is 5.02 Å². The number of nitrogens with one attached hydrogen (secondary N) is 1. The highest BCUT2D eigenvalue weighted by molar-refractivity contribution is 7.93. The first kappa shape index (κ1) is 33.2. The number of methoxy groups -OCH3 is 1. The average Bonchev–Trinajstić information content (AvgIpc) is 3.61. The Balaban J connectivity index is 1.57. The molecule has 2 fully saturated rings. The summed E-state index contributed by atoms with van der Waals surface area (Å²) >= 11 is 6.59. The molecule has 2 saturated heterocycles. The van der Waals surface area contributed by atoms with Gasteiger partial charge in [-0.2, -0.15) is 0 Å². The van der Waals surface area contributed by atoms with Crippen LogP contribution >= 0.6 is 11.6 Å². The van der Waals surface area contributed by atoms with E-state index in [4.69, 9.17) is 21.1 Å². The van der Waals surface area contributed by atoms with Crippen molar-refractivity contribution in [2.24, 2.45) is 0 Å². The molecule has 0 aromatic heterocycles. The lowest BCUT2D eigenvalue weighted by molar-refractivity contribution is -0.132. The minimum atomic E-state index is -4.56. The minimum Gasteiger partial charge on any atom is -0.496 e. The first-order chi connectivity index (χ1) is 22.5. The maximum Gasteiger partial charge on any atom is 0.410 e. The third-order valence-corrected chi connectivity index (χ3v) is 10.9. The minimum absolute atomic E-state index is 0.0836. The molecule has 11 nitrogen and oxygen atoms in total. The molecule has 3 heterocycles. The van der Waals surface area contributed by atoms with Crippen molar-refractivity contribution in [3.05, 3.63) is 88.2 Å². The van der Waals surface area contributed by atoms with Gasteiger partial charge in [-0.05, 0) is 66.9 Å². The van der Waals surface area contributed by atoms with Gasteiger partial charge < -0.3 is 19.7 Å². The number of ether oxygens (including phenoxy) is 2. The van der Waals surface area contributed by atoms with Gasteiger partial charge in [0.2, 0.25) is 0 Å². The van der Waals surface area contributed by atoms with E-state index in [1.807, 2.05) is 12.1 Å². The third kappa shape index (κ3) is 5.84. The SMILES string of the molecule is COc1cc(CN2CCNCC2)ccc1C1(N2CCC[C@@H]2OC(=O)N(C)C)C(=O)N(S(=O)(=O)c2ccc(F)cc2)c2ccc(Cl)cc21. The summed E-state index contributed by atoms with van der Waals surface area (Å²) in [6.45, 7) is 4.46. The Hall–Kier alpha value is -3.75. The molecule has 1 unspecified atom stereocenters. The zero-order valence-electron chi connectivity index (χ0n) is 26.4. The topological polar surface area (TPSA) is 112 Å². The van der Waals surface area contributed by atoms with Crippen LogP contribution in [-0.2, 0) is 31.6 Å². The van der Waals surface area contributed by atoms with Gasteiger partial charge in [-0.1, -0.05) is 23.7 Å². The number of amides is 2. The molecule has 0 saturated carbocycles. The predicted octanol–water partition coefficient (Wildman–Crippen LogP) is 3.99. The summed E-state index contributed by atoms with van der Waals surface area (Å²) in [4.78, 5) is 33.2. The Kier molecular flexibility index (Phi) is 9.20. The van der Waals surface area contributed by atoms with Gasteiger partial charge in [0.05, 0.1) is 17.7 Å². The number of hydrogen-bond donors (Lipinski definition) is 1. The molecular weight excluding hydrogens is 649 g/mol. The van der Waals surface area contributed by atoms with E-state index in [0.29, 0.717) is 42.8 Å². The van der Waals surface area contributed by atoms with Gasteiger partial charge in [-0.25, -0.2) is 26.8 Å². The van der Waals surface area contributed by atoms with Gasteiger partial charge in [0.25, 0.3) is 15.9 Å². The molecule has 3 aliphatic heterocycles. The largest absolute Gasteiger partial charge is 0.496 e. The molecule has 0 radical (unpaired) electrons. The fraction of sp³-hybridized carbons (Fsp3) is 0.394. The van der Waals surface area contributed by atoms with Crippen LogP contribution in [-0.4, -0.2) is 95.3 Å². The number of benzene rings is 3. The summed E-state index contributed by atoms with van der Waals surface area (Å²) < 4.78 is 55.1. The van der Waals surface area contributed by atoms with E-state index in [1.54, 1.807) is 31.1 Å². The Morgan fingerprint density at radius 2 is 1.77 bits per heavy atom. The monoisotopic (exact) mass is 685 g/mol. The maximum atomic E-state index is 15.3. The average molecular weight is 686 g/mol. The lowest BCUT2D eigenvalue weighted by Gasteiger charge is -2.41. The molecule has 250 valence electrons. The van der Waals surface area contributed by atoms with Crippen molar-refractivity contribution in [1.29, 1.82) is 0 Å². The van der Waals surface area contributed by atoms with Crippen LogP contribution in [0.5, 0.6) is 5.75 Å². The fourth-order valence-electron chi connectivity index (χ4n) is 6.71. The fourth-order valence-corrected chi connectivity index (χ4v) is 8.35. The van der Waals surface area contributed by atoms with E-state index in [-0.39, 0.29) is 15.6 Å². The number of rotatable bonds is 8. The zero-order valence-corrected chi connectivity index (χ0v) is 28.0. The summed E-state index contributed by atoms with van der Waals surface area (Å²) in [5.41, 5.74) is -0.128. The van der Waals surface area contributed by atoms with Gasteiger partial charge in [0.1, 0.15) is 11.6 Å². The highest BCUT2D eigenvalue weighted by Gasteiger charge is 2.63. The molecule has 14 heteroatoms. The Labute approximate surface area is 278 Å². The summed E-state index contributed by atoms with van der Waals surface area (Å²) in [5, 5.41) is 3.62. The number of carbonyl (C=O) groups is 2. The molecule has 6 rings (SSSR count). The van der Waals surface area contributed by atoms with Crippen molar-refractivity contribution in [3.63, 3.8) is 0 Å². The second-order valence-electron chi connectivity index (χ2n) is 12.0. The van der Waals surface area contributed by atoms with Crippen molar-refractivity contribution in [2.75, 3.05) is 58.2 Å². The quantitative estimate of drug-likeness (QED) is 0.376. The Morgan fingerprint density at radius 1 is 1.04 bits per heavy atom. The van der Waals surface area contributed by atoms with E-state index >= 15 is 4.79 Å². The number of piperazine rings is 1. The van der Waals surface area contributed by atoms with E-state index in [2.05, 4.69) is 10.2 Å². The highest BCUT2D eigenvalue weighted by atomic mass is 35.5. The molecule has 0 aliphatic carbocycles. The predicted molar refractivity (Wildman–Crippen MR) is 174 cm³/mol. The molecule has 3 aromatic rings. The molecule has 0 bridgehead atoms. The van der Waals surface area contributed by atoms with Crippen molar-refractivity contribution in [1.82, 2.24) is 20.0 Å². The van der Waals surface area contributed by atoms with Crippen LogP contribution in [0, 0.1) is 5.82 Å². The smallest absolute Gasteiger partial charge is 0.410 e. The second-order valence-corrected chi connectivity index (χ2v) is 14.3. The van der Waals surface area contributed by atoms with Crippen molar-refractivity contribution < 1.29 is 31.9 Å². The van der Waals surface area contributed by atoms with Gasteiger partial charge in [-0.3, -0.25) is 9.69 Å². The standard InChI is InChI=1S/C33H37ClFN5O6S/c1-37(2)32(42)46-30-5-4-16-39(30)33(26-12-6-22(19-29(26)45-3)21-38-17-14-36-15-18-38)27-20-23(34)7-13-28(27)40(31(33)41)47(43,44)25-10-8-24(35)9-11-25/h6-13,19-20,30,36H,4-5,14-18,21H2,1-3H3/t30-,33?/m0/s1. The summed E-state index contributed by atoms with van der Waals surface area (Å²) in [6.07, 6.45) is -0.537. The van der Waals surface area contributed by atoms with Crippen LogP contribution in [0.15, 0.2) is 65.6 Å². The van der Waals surface area contributed by atoms with Crippen molar-refractivity contribution in [3.8, 4) is 5.75 Å². The summed E-state index contributed by atoms with van der Waals surface area (Å²) in [5.74, 6) is -1.07. The van der Waals surface area contributed by atoms with Gasteiger partial charge in [0, 0.05) is 69.5 Å². The first-order valence-corrected chi connectivity index (χ1v) is 17.2. The van der Waals surface area contributed by atoms with E-state index in [1.165, 1.54) is 24.1 Å². The van der Waals surface area contributed by atoms with E-state index in [9.17, 15) is 17.6 Å². The highest BCUT2D eigenvalue weighted by Crippen LogP contribution is 2.55. The molecule has 47 heavy (non-hydrogen) atoms. The van der Waals surface area contributed by atoms with Crippen LogP contribution in [0.25, 0.3) is 0 Å². The number of carbonyl (C=O) groups excluding carboxylic acids is 2. The number of nitrogens with zero attached hydrogens (tertiary/aromatic N) is 4. The summed E-state index contributed by atoms with van der Waals surface area (Å²) in [6, 6.07) is 14.4. The molecule has 2 atom stereocenters. The molecule has 2 amide bonds. The normalized spacial score (nSPS) is 21.9. The Morgan fingerprint density at radius 3 is 2.45 bits per heavy atom. The number of likely N-dealkylation sites (tertiary alicyclic amines) is 1. The van der Waals surface area contributed by atoms with Crippen LogP contribution in [0.1, 0.15) is 29.5 Å². The molecule has 0 spiro atoms. The van der Waals surface area contributed by atoms with Gasteiger partial charge in [-0.15, -0.1) is 0 Å². The molecule has 3 aliphatic rings. The number of hydrogen-bond acceptors (Lipinski definition) is 9. The lowest BCUT2D eigenvalue weighted by Crippen LogP contribution is -2.57. The van der Waals surface area contributed by atoms with Crippen molar-refractivity contribution in [2.45, 2.75) is 36.0 Å². The Bertz CT molecular complexity index is 1790. The third-order valence-electron chi connectivity index (χ3n) is 8.92. The van der Waals surface area contributed by atoms with E-state index < -0.39 is 39.6 Å². The molecule has 3 aromatic carbocycles. The number of halogens is 2. The van der Waals surface area contributed by atoms with E-state index in [0.717, 1.165) is 60.3 Å². The molecular formula is C33H37ClFN5O6S. The number of fused-ring (bicyclic) bond motifs is 1. The second kappa shape index (κ2) is 13.0. The zero-order chi connectivity index (χ0) is 33.5. The first-order valence-electron chi connectivity index (χ1n) is 15.4. The number of sulfonamides is 1. The lowest BCUT2D eigenvalue weighted by atomic mass is 9.81. The van der Waals surface area contributed by atoms with Crippen LogP contribution in [0.4, 0.5) is 14.9 Å². The van der Waals surface area contributed by atoms with Crippen LogP contribution < -0.4 is 14.4 Å². The number of anilines is 1. The van der Waals surface area contributed by atoms with Gasteiger partial charge in [0.15, 0.2) is 11.8 Å². The van der Waals surface area contributed by atoms with Gasteiger partial charge >= 0.3 is 6.09 Å². The summed E-state index contributed by atoms with van der Waals surface area (Å²) in [7, 11) is 0.0573. The maximum absolute atomic E-state index is 15.3. The van der Waals surface area contributed by atoms with Crippen LogP contribution in [0.3, 0.4) is 0 Å². The molecule has 1 N–H and O–H groups in total.